The standard InChI is InChI=1S/C13H23N5OS/c1-4-14-13(15-8-12-16-9(2)18-19-12)17-10-5-6-11(7-10)20-3/h10-11H,4-8H2,1-3H3,(H2,14,15,17). The number of hydrogen-bond acceptors (Lipinski definition) is 5. The summed E-state index contributed by atoms with van der Waals surface area (Å²) < 4.78 is 5.07. The molecule has 0 saturated heterocycles. The van der Waals surface area contributed by atoms with Crippen LogP contribution in [0.2, 0.25) is 0 Å². The van der Waals surface area contributed by atoms with Gasteiger partial charge in [-0.1, -0.05) is 5.16 Å². The van der Waals surface area contributed by atoms with E-state index >= 15 is 0 Å². The molecule has 6 nitrogen and oxygen atoms in total. The van der Waals surface area contributed by atoms with Gasteiger partial charge in [-0.05, 0) is 39.4 Å². The topological polar surface area (TPSA) is 75.3 Å². The molecule has 1 aliphatic rings. The molecule has 1 aliphatic carbocycles. The van der Waals surface area contributed by atoms with Gasteiger partial charge in [-0.3, -0.25) is 0 Å². The summed E-state index contributed by atoms with van der Waals surface area (Å²) in [7, 11) is 0. The van der Waals surface area contributed by atoms with Crippen molar-refractivity contribution in [3.63, 3.8) is 0 Å². The van der Waals surface area contributed by atoms with Gasteiger partial charge < -0.3 is 15.2 Å². The highest BCUT2D eigenvalue weighted by atomic mass is 32.2. The number of nitrogens with one attached hydrogen (secondary N) is 2. The van der Waals surface area contributed by atoms with E-state index in [-0.39, 0.29) is 0 Å². The lowest BCUT2D eigenvalue weighted by Crippen LogP contribution is -2.42. The fourth-order valence-corrected chi connectivity index (χ4v) is 3.15. The van der Waals surface area contributed by atoms with Crippen molar-refractivity contribution in [1.29, 1.82) is 0 Å². The normalized spacial score (nSPS) is 23.1. The van der Waals surface area contributed by atoms with E-state index in [4.69, 9.17) is 4.52 Å². The SMILES string of the molecule is CCNC(=NCc1nc(C)no1)NC1CCC(SC)C1. The minimum Gasteiger partial charge on any atom is -0.357 e. The zero-order valence-electron chi connectivity index (χ0n) is 12.3. The zero-order chi connectivity index (χ0) is 14.4. The molecule has 20 heavy (non-hydrogen) atoms. The summed E-state index contributed by atoms with van der Waals surface area (Å²) in [6, 6.07) is 0.509. The van der Waals surface area contributed by atoms with Crippen LogP contribution in [0, 0.1) is 6.92 Å². The average molecular weight is 297 g/mol. The molecule has 0 aliphatic heterocycles. The van der Waals surface area contributed by atoms with Crippen LogP contribution >= 0.6 is 11.8 Å². The summed E-state index contributed by atoms with van der Waals surface area (Å²) in [6.45, 7) is 5.12. The number of aliphatic imine (C=N–C) groups is 1. The summed E-state index contributed by atoms with van der Waals surface area (Å²) in [4.78, 5) is 8.66. The molecular weight excluding hydrogens is 274 g/mol. The molecule has 7 heteroatoms. The molecule has 1 aromatic heterocycles. The van der Waals surface area contributed by atoms with Gasteiger partial charge in [-0.15, -0.1) is 0 Å². The van der Waals surface area contributed by atoms with Gasteiger partial charge in [0.25, 0.3) is 0 Å². The second kappa shape index (κ2) is 7.52. The molecule has 112 valence electrons. The van der Waals surface area contributed by atoms with E-state index < -0.39 is 0 Å². The summed E-state index contributed by atoms with van der Waals surface area (Å²) in [5, 5.41) is 11.3. The van der Waals surface area contributed by atoms with Crippen molar-refractivity contribution in [3.8, 4) is 0 Å². The molecule has 2 unspecified atom stereocenters. The van der Waals surface area contributed by atoms with Crippen molar-refractivity contribution in [2.45, 2.75) is 50.9 Å². The van der Waals surface area contributed by atoms with Crippen LogP contribution in [-0.4, -0.2) is 40.2 Å². The Morgan fingerprint density at radius 2 is 2.35 bits per heavy atom. The van der Waals surface area contributed by atoms with Crippen molar-refractivity contribution in [2.75, 3.05) is 12.8 Å². The number of rotatable bonds is 5. The Kier molecular flexibility index (Phi) is 5.70. The molecule has 1 heterocycles. The lowest BCUT2D eigenvalue weighted by atomic mass is 10.2. The number of hydrogen-bond donors (Lipinski definition) is 2. The van der Waals surface area contributed by atoms with Crippen LogP contribution in [0.5, 0.6) is 0 Å². The highest BCUT2D eigenvalue weighted by molar-refractivity contribution is 7.99. The van der Waals surface area contributed by atoms with Crippen molar-refractivity contribution < 1.29 is 4.52 Å². The first-order valence-corrected chi connectivity index (χ1v) is 8.37. The van der Waals surface area contributed by atoms with E-state index in [0.717, 1.165) is 17.8 Å². The minimum absolute atomic E-state index is 0.412. The molecule has 2 N–H and O–H groups in total. The van der Waals surface area contributed by atoms with Crippen molar-refractivity contribution in [1.82, 2.24) is 20.8 Å². The molecular formula is C13H23N5OS. The third-order valence-electron chi connectivity index (χ3n) is 3.34. The van der Waals surface area contributed by atoms with Crippen molar-refractivity contribution in [2.24, 2.45) is 4.99 Å². The van der Waals surface area contributed by atoms with Crippen LogP contribution in [0.15, 0.2) is 9.52 Å². The van der Waals surface area contributed by atoms with Crippen LogP contribution in [0.4, 0.5) is 0 Å². The molecule has 0 radical (unpaired) electrons. The third-order valence-corrected chi connectivity index (χ3v) is 4.44. The predicted molar refractivity (Wildman–Crippen MR) is 81.9 cm³/mol. The second-order valence-electron chi connectivity index (χ2n) is 4.94. The lowest BCUT2D eigenvalue weighted by Gasteiger charge is -2.16. The van der Waals surface area contributed by atoms with Gasteiger partial charge in [-0.2, -0.15) is 16.7 Å². The Hall–Kier alpha value is -1.24. The minimum atomic E-state index is 0.412. The Balaban J connectivity index is 1.89. The zero-order valence-corrected chi connectivity index (χ0v) is 13.2. The lowest BCUT2D eigenvalue weighted by molar-refractivity contribution is 0.376. The van der Waals surface area contributed by atoms with Crippen LogP contribution in [-0.2, 0) is 6.54 Å². The molecule has 1 aromatic rings. The number of thioether (sulfide) groups is 1. The predicted octanol–water partition coefficient (Wildman–Crippen LogP) is 1.72. The smallest absolute Gasteiger partial charge is 0.248 e. The Labute approximate surface area is 124 Å². The van der Waals surface area contributed by atoms with E-state index in [0.29, 0.717) is 24.3 Å². The number of nitrogens with zero attached hydrogens (tertiary/aromatic N) is 3. The summed E-state index contributed by atoms with van der Waals surface area (Å²) in [5.41, 5.74) is 0. The fourth-order valence-electron chi connectivity index (χ4n) is 2.35. The van der Waals surface area contributed by atoms with Gasteiger partial charge >= 0.3 is 0 Å². The molecule has 1 saturated carbocycles. The van der Waals surface area contributed by atoms with Gasteiger partial charge in [0.05, 0.1) is 0 Å². The van der Waals surface area contributed by atoms with E-state index in [1.807, 2.05) is 11.8 Å². The third kappa shape index (κ3) is 4.40. The molecule has 2 atom stereocenters. The number of aromatic nitrogens is 2. The molecule has 0 bridgehead atoms. The largest absolute Gasteiger partial charge is 0.357 e. The number of guanidine groups is 1. The van der Waals surface area contributed by atoms with E-state index in [1.54, 1.807) is 6.92 Å². The molecule has 0 aromatic carbocycles. The number of aryl methyl sites for hydroxylation is 1. The van der Waals surface area contributed by atoms with Gasteiger partial charge in [-0.25, -0.2) is 4.99 Å². The van der Waals surface area contributed by atoms with Crippen LogP contribution < -0.4 is 10.6 Å². The van der Waals surface area contributed by atoms with Crippen molar-refractivity contribution in [3.05, 3.63) is 11.7 Å². The maximum atomic E-state index is 5.07. The van der Waals surface area contributed by atoms with Gasteiger partial charge in [0.1, 0.15) is 6.54 Å². The fraction of sp³-hybridized carbons (Fsp3) is 0.769. The first kappa shape index (κ1) is 15.2. The molecule has 0 spiro atoms. The summed E-state index contributed by atoms with van der Waals surface area (Å²) in [5.74, 6) is 2.02. The van der Waals surface area contributed by atoms with Crippen LogP contribution in [0.1, 0.15) is 37.9 Å². The maximum absolute atomic E-state index is 5.07. The van der Waals surface area contributed by atoms with Gasteiger partial charge in [0.15, 0.2) is 11.8 Å². The van der Waals surface area contributed by atoms with E-state index in [1.165, 1.54) is 19.3 Å². The first-order valence-electron chi connectivity index (χ1n) is 7.08. The molecule has 0 amide bonds. The highest BCUT2D eigenvalue weighted by Crippen LogP contribution is 2.27. The summed E-state index contributed by atoms with van der Waals surface area (Å²) >= 11 is 1.96. The average Bonchev–Trinajstić information content (AvgIpc) is 3.05. The van der Waals surface area contributed by atoms with Crippen molar-refractivity contribution >= 4 is 17.7 Å². The van der Waals surface area contributed by atoms with E-state index in [2.05, 4.69) is 38.9 Å². The summed E-state index contributed by atoms with van der Waals surface area (Å²) in [6.07, 6.45) is 5.87. The van der Waals surface area contributed by atoms with Crippen LogP contribution in [0.3, 0.4) is 0 Å². The van der Waals surface area contributed by atoms with Gasteiger partial charge in [0.2, 0.25) is 5.89 Å². The molecule has 2 rings (SSSR count). The second-order valence-corrected chi connectivity index (χ2v) is 6.08. The Bertz CT molecular complexity index is 448. The maximum Gasteiger partial charge on any atom is 0.248 e. The van der Waals surface area contributed by atoms with E-state index in [9.17, 15) is 0 Å². The van der Waals surface area contributed by atoms with Crippen LogP contribution in [0.25, 0.3) is 0 Å². The highest BCUT2D eigenvalue weighted by Gasteiger charge is 2.24. The Morgan fingerprint density at radius 1 is 1.50 bits per heavy atom. The quantitative estimate of drug-likeness (QED) is 0.636. The molecule has 1 fully saturated rings. The first-order chi connectivity index (χ1) is 9.71. The van der Waals surface area contributed by atoms with Gasteiger partial charge in [0, 0.05) is 17.8 Å². The monoisotopic (exact) mass is 297 g/mol. The Morgan fingerprint density at radius 3 is 2.95 bits per heavy atom.